The molecule has 0 heterocycles. The van der Waals surface area contributed by atoms with Gasteiger partial charge in [-0.15, -0.1) is 0 Å². The number of ether oxygens (including phenoxy) is 1. The molecule has 2 rings (SSSR count). The molecule has 0 aliphatic carbocycles. The summed E-state index contributed by atoms with van der Waals surface area (Å²) in [6.07, 6.45) is 0. The Morgan fingerprint density at radius 1 is 0.889 bits per heavy atom. The lowest BCUT2D eigenvalue weighted by Gasteiger charge is -2.03. The van der Waals surface area contributed by atoms with Crippen molar-refractivity contribution in [1.82, 2.24) is 0 Å². The van der Waals surface area contributed by atoms with E-state index in [2.05, 4.69) is 0 Å². The van der Waals surface area contributed by atoms with E-state index in [1.165, 1.54) is 11.6 Å². The average molecular weight is 257 g/mol. The molecular formula is C14H16BNOS. The molecule has 2 aromatic rings. The van der Waals surface area contributed by atoms with Crippen molar-refractivity contribution >= 4 is 18.7 Å². The lowest BCUT2D eigenvalue weighted by Crippen LogP contribution is -2.00. The van der Waals surface area contributed by atoms with Gasteiger partial charge in [0.1, 0.15) is 11.5 Å². The van der Waals surface area contributed by atoms with E-state index < -0.39 is 0 Å². The summed E-state index contributed by atoms with van der Waals surface area (Å²) in [5, 5.41) is 0. The van der Waals surface area contributed by atoms with Crippen molar-refractivity contribution < 1.29 is 4.74 Å². The monoisotopic (exact) mass is 257 g/mol. The highest BCUT2D eigenvalue weighted by atomic mass is 32.2. The van der Waals surface area contributed by atoms with Crippen LogP contribution in [0.25, 0.3) is 0 Å². The summed E-state index contributed by atoms with van der Waals surface area (Å²) < 4.78 is 5.58. The van der Waals surface area contributed by atoms with Crippen LogP contribution in [0.5, 0.6) is 11.5 Å². The minimum Gasteiger partial charge on any atom is -0.457 e. The lowest BCUT2D eigenvalue weighted by molar-refractivity contribution is 0.482. The molecule has 0 spiro atoms. The predicted octanol–water partition coefficient (Wildman–Crippen LogP) is 3.24. The predicted molar refractivity (Wildman–Crippen MR) is 80.2 cm³/mol. The van der Waals surface area contributed by atoms with Crippen molar-refractivity contribution in [3.63, 3.8) is 0 Å². The third-order valence-electron chi connectivity index (χ3n) is 1.96. The number of nitrogens with two attached hydrogens (primary N) is 1. The molecule has 0 amide bonds. The highest BCUT2D eigenvalue weighted by Crippen LogP contribution is 2.19. The van der Waals surface area contributed by atoms with Gasteiger partial charge in [0, 0.05) is 6.54 Å². The zero-order valence-corrected chi connectivity index (χ0v) is 11.0. The Morgan fingerprint density at radius 2 is 1.33 bits per heavy atom. The summed E-state index contributed by atoms with van der Waals surface area (Å²) in [6.45, 7) is 0.682. The van der Waals surface area contributed by atoms with Crippen molar-refractivity contribution in [2.75, 3.05) is 12.3 Å². The topological polar surface area (TPSA) is 35.2 Å². The molecule has 2 N–H and O–H groups in total. The molecule has 0 saturated heterocycles. The minimum absolute atomic E-state index is 0.682. The summed E-state index contributed by atoms with van der Waals surface area (Å²) in [5.74, 6) is 2.60. The quantitative estimate of drug-likeness (QED) is 0.854. The standard InChI is InChI=1S/C12H10O.C2H6BNS/c1-3-7-11(8-4-1)13-12-9-5-2-6-10-12;3-5-2-1-4/h1-10H;1-2,4H2. The van der Waals surface area contributed by atoms with Gasteiger partial charge < -0.3 is 10.5 Å². The normalized spacial score (nSPS) is 9.17. The van der Waals surface area contributed by atoms with Crippen molar-refractivity contribution in [2.45, 2.75) is 0 Å². The molecular weight excluding hydrogens is 241 g/mol. The van der Waals surface area contributed by atoms with Gasteiger partial charge in [0.15, 0.2) is 7.12 Å². The van der Waals surface area contributed by atoms with E-state index >= 15 is 0 Å². The van der Waals surface area contributed by atoms with Crippen LogP contribution in [0.15, 0.2) is 60.7 Å². The second kappa shape index (κ2) is 9.63. The summed E-state index contributed by atoms with van der Waals surface area (Å²) >= 11 is 1.28. The Balaban J connectivity index is 0.000000280. The summed E-state index contributed by atoms with van der Waals surface area (Å²) in [4.78, 5) is 0. The second-order valence-corrected chi connectivity index (χ2v) is 4.13. The van der Waals surface area contributed by atoms with E-state index in [1.807, 2.05) is 60.7 Å². The van der Waals surface area contributed by atoms with E-state index in [0.717, 1.165) is 17.3 Å². The van der Waals surface area contributed by atoms with Gasteiger partial charge in [0.05, 0.1) is 0 Å². The highest BCUT2D eigenvalue weighted by molar-refractivity contribution is 8.19. The smallest absolute Gasteiger partial charge is 0.161 e. The molecule has 0 bridgehead atoms. The Labute approximate surface area is 114 Å². The number of benzene rings is 2. The molecule has 0 fully saturated rings. The van der Waals surface area contributed by atoms with Gasteiger partial charge in [-0.1, -0.05) is 36.4 Å². The van der Waals surface area contributed by atoms with Crippen LogP contribution in [0, 0.1) is 0 Å². The number of hydrogen-bond donors (Lipinski definition) is 1. The van der Waals surface area contributed by atoms with Crippen LogP contribution in [0.3, 0.4) is 0 Å². The van der Waals surface area contributed by atoms with Crippen LogP contribution in [-0.4, -0.2) is 19.4 Å². The van der Waals surface area contributed by atoms with Crippen molar-refractivity contribution in [3.8, 4) is 11.5 Å². The number of rotatable bonds is 4. The molecule has 0 aromatic heterocycles. The molecule has 0 saturated carbocycles. The molecule has 0 aliphatic rings. The van der Waals surface area contributed by atoms with Gasteiger partial charge in [0.25, 0.3) is 0 Å². The summed E-state index contributed by atoms with van der Waals surface area (Å²) in [7, 11) is 4.98. The molecule has 2 nitrogen and oxygen atoms in total. The van der Waals surface area contributed by atoms with E-state index in [4.69, 9.17) is 17.6 Å². The Bertz CT molecular complexity index is 371. The van der Waals surface area contributed by atoms with Crippen molar-refractivity contribution in [2.24, 2.45) is 5.73 Å². The zero-order chi connectivity index (χ0) is 13.1. The summed E-state index contributed by atoms with van der Waals surface area (Å²) in [5.41, 5.74) is 5.04. The maximum absolute atomic E-state index is 5.58. The molecule has 2 aromatic carbocycles. The van der Waals surface area contributed by atoms with E-state index in [9.17, 15) is 0 Å². The Kier molecular flexibility index (Phi) is 7.85. The van der Waals surface area contributed by atoms with Crippen molar-refractivity contribution in [3.05, 3.63) is 60.7 Å². The van der Waals surface area contributed by atoms with E-state index in [1.54, 1.807) is 0 Å². The third-order valence-corrected chi connectivity index (χ3v) is 2.43. The van der Waals surface area contributed by atoms with E-state index in [-0.39, 0.29) is 0 Å². The van der Waals surface area contributed by atoms with Gasteiger partial charge in [-0.25, -0.2) is 11.6 Å². The van der Waals surface area contributed by atoms with Gasteiger partial charge in [-0.3, -0.25) is 0 Å². The van der Waals surface area contributed by atoms with Gasteiger partial charge in [-0.05, 0) is 30.0 Å². The Morgan fingerprint density at radius 3 is 1.61 bits per heavy atom. The van der Waals surface area contributed by atoms with Crippen LogP contribution in [0.2, 0.25) is 0 Å². The molecule has 2 radical (unpaired) electrons. The Hall–Kier alpha value is -1.39. The maximum Gasteiger partial charge on any atom is 0.161 e. The molecule has 92 valence electrons. The van der Waals surface area contributed by atoms with Crippen LogP contribution < -0.4 is 10.5 Å². The number of para-hydroxylation sites is 2. The first-order valence-electron chi connectivity index (χ1n) is 5.66. The van der Waals surface area contributed by atoms with Crippen LogP contribution in [0.1, 0.15) is 0 Å². The van der Waals surface area contributed by atoms with Crippen molar-refractivity contribution in [1.29, 1.82) is 0 Å². The molecule has 4 heteroatoms. The first kappa shape index (κ1) is 14.7. The second-order valence-electron chi connectivity index (χ2n) is 3.39. The summed E-state index contributed by atoms with van der Waals surface area (Å²) in [6, 6.07) is 19.5. The van der Waals surface area contributed by atoms with Crippen LogP contribution in [0.4, 0.5) is 0 Å². The van der Waals surface area contributed by atoms with Gasteiger partial charge in [0.2, 0.25) is 0 Å². The molecule has 0 aliphatic heterocycles. The highest BCUT2D eigenvalue weighted by Gasteiger charge is 1.92. The molecule has 18 heavy (non-hydrogen) atoms. The zero-order valence-electron chi connectivity index (χ0n) is 10.2. The fraction of sp³-hybridized carbons (Fsp3) is 0.143. The largest absolute Gasteiger partial charge is 0.457 e. The van der Waals surface area contributed by atoms with E-state index in [0.29, 0.717) is 6.54 Å². The average Bonchev–Trinajstić information content (AvgIpc) is 2.43. The third kappa shape index (κ3) is 6.37. The van der Waals surface area contributed by atoms with Crippen LogP contribution in [-0.2, 0) is 0 Å². The fourth-order valence-corrected chi connectivity index (χ4v) is 1.32. The molecule has 0 atom stereocenters. The van der Waals surface area contributed by atoms with Crippen LogP contribution >= 0.6 is 11.6 Å². The first-order chi connectivity index (χ1) is 8.86. The van der Waals surface area contributed by atoms with Gasteiger partial charge >= 0.3 is 0 Å². The fourth-order valence-electron chi connectivity index (χ4n) is 1.18. The molecule has 0 unspecified atom stereocenters. The SMILES string of the molecule is [B]SCCN.c1ccc(Oc2ccccc2)cc1. The maximum atomic E-state index is 5.58. The number of hydrogen-bond acceptors (Lipinski definition) is 3. The lowest BCUT2D eigenvalue weighted by atomic mass is 10.3. The minimum atomic E-state index is 0.682. The first-order valence-corrected chi connectivity index (χ1v) is 6.71. The van der Waals surface area contributed by atoms with Gasteiger partial charge in [-0.2, -0.15) is 0 Å².